The maximum Gasteiger partial charge on any atom is 0.407 e. The van der Waals surface area contributed by atoms with E-state index in [-0.39, 0.29) is 18.3 Å². The highest BCUT2D eigenvalue weighted by atomic mass is 32.2. The van der Waals surface area contributed by atoms with Gasteiger partial charge in [-0.2, -0.15) is 11.8 Å². The van der Waals surface area contributed by atoms with Crippen molar-refractivity contribution in [3.05, 3.63) is 0 Å². The Labute approximate surface area is 112 Å². The van der Waals surface area contributed by atoms with Crippen LogP contribution in [0.15, 0.2) is 0 Å². The van der Waals surface area contributed by atoms with Crippen LogP contribution in [0.3, 0.4) is 0 Å². The highest BCUT2D eigenvalue weighted by molar-refractivity contribution is 7.99. The standard InChI is InChI=1S/C12H21NO4S/c1-12(2,3)17-11(16)13-5-9-7-18-6-8(9)4-10(14)15/h8-9H,4-7H2,1-3H3,(H,13,16)(H,14,15). The van der Waals surface area contributed by atoms with E-state index >= 15 is 0 Å². The third kappa shape index (κ3) is 5.62. The van der Waals surface area contributed by atoms with Gasteiger partial charge in [-0.15, -0.1) is 0 Å². The molecule has 104 valence electrons. The first-order valence-electron chi connectivity index (χ1n) is 6.04. The summed E-state index contributed by atoms with van der Waals surface area (Å²) in [5.41, 5.74) is -0.505. The third-order valence-electron chi connectivity index (χ3n) is 2.67. The van der Waals surface area contributed by atoms with Crippen molar-refractivity contribution in [1.29, 1.82) is 0 Å². The fraction of sp³-hybridized carbons (Fsp3) is 0.833. The van der Waals surface area contributed by atoms with Crippen molar-refractivity contribution in [2.75, 3.05) is 18.1 Å². The van der Waals surface area contributed by atoms with Gasteiger partial charge in [-0.1, -0.05) is 0 Å². The molecule has 1 aliphatic heterocycles. The number of aliphatic carboxylic acids is 1. The number of carbonyl (C=O) groups is 2. The van der Waals surface area contributed by atoms with Crippen molar-refractivity contribution >= 4 is 23.8 Å². The predicted octanol–water partition coefficient (Wildman–Crippen LogP) is 1.97. The maximum atomic E-state index is 11.5. The second kappa shape index (κ2) is 6.31. The fourth-order valence-electron chi connectivity index (χ4n) is 1.85. The average molecular weight is 275 g/mol. The molecular formula is C12H21NO4S. The molecule has 6 heteroatoms. The molecule has 2 N–H and O–H groups in total. The molecule has 0 saturated carbocycles. The Kier molecular flexibility index (Phi) is 5.31. The van der Waals surface area contributed by atoms with Gasteiger partial charge in [0.2, 0.25) is 0 Å². The van der Waals surface area contributed by atoms with Gasteiger partial charge in [0.1, 0.15) is 5.60 Å². The molecule has 0 spiro atoms. The quantitative estimate of drug-likeness (QED) is 0.820. The van der Waals surface area contributed by atoms with Crippen LogP contribution >= 0.6 is 11.8 Å². The van der Waals surface area contributed by atoms with E-state index in [1.807, 2.05) is 20.8 Å². The van der Waals surface area contributed by atoms with Crippen LogP contribution in [0.2, 0.25) is 0 Å². The number of hydrogen-bond acceptors (Lipinski definition) is 4. The summed E-state index contributed by atoms with van der Waals surface area (Å²) >= 11 is 1.74. The predicted molar refractivity (Wildman–Crippen MR) is 70.8 cm³/mol. The second-order valence-electron chi connectivity index (χ2n) is 5.54. The van der Waals surface area contributed by atoms with Crippen LogP contribution in [0.4, 0.5) is 4.79 Å². The second-order valence-corrected chi connectivity index (χ2v) is 6.61. The van der Waals surface area contributed by atoms with Crippen LogP contribution in [-0.4, -0.2) is 40.8 Å². The van der Waals surface area contributed by atoms with Gasteiger partial charge >= 0.3 is 12.1 Å². The molecule has 0 aliphatic carbocycles. The van der Waals surface area contributed by atoms with Crippen LogP contribution in [0.25, 0.3) is 0 Å². The molecule has 1 aliphatic rings. The fourth-order valence-corrected chi connectivity index (χ4v) is 3.37. The first-order chi connectivity index (χ1) is 8.28. The lowest BCUT2D eigenvalue weighted by molar-refractivity contribution is -0.138. The lowest BCUT2D eigenvalue weighted by Gasteiger charge is -2.22. The van der Waals surface area contributed by atoms with Crippen LogP contribution in [0, 0.1) is 11.8 Å². The van der Waals surface area contributed by atoms with Gasteiger partial charge in [0, 0.05) is 13.0 Å². The lowest BCUT2D eigenvalue weighted by atomic mass is 9.93. The smallest absolute Gasteiger partial charge is 0.407 e. The summed E-state index contributed by atoms with van der Waals surface area (Å²) < 4.78 is 5.14. The number of amides is 1. The van der Waals surface area contributed by atoms with E-state index in [1.165, 1.54) is 0 Å². The molecule has 2 atom stereocenters. The molecular weight excluding hydrogens is 254 g/mol. The molecule has 1 rings (SSSR count). The van der Waals surface area contributed by atoms with Crippen LogP contribution in [-0.2, 0) is 9.53 Å². The van der Waals surface area contributed by atoms with Crippen LogP contribution in [0.1, 0.15) is 27.2 Å². The number of alkyl carbamates (subject to hydrolysis) is 1. The number of nitrogens with one attached hydrogen (secondary N) is 1. The number of rotatable bonds is 4. The lowest BCUT2D eigenvalue weighted by Crippen LogP contribution is -2.37. The molecule has 1 amide bonds. The van der Waals surface area contributed by atoms with E-state index in [9.17, 15) is 9.59 Å². The Hall–Kier alpha value is -0.910. The normalized spacial score (nSPS) is 23.7. The maximum absolute atomic E-state index is 11.5. The van der Waals surface area contributed by atoms with Gasteiger partial charge < -0.3 is 15.2 Å². The summed E-state index contributed by atoms with van der Waals surface area (Å²) in [6.07, 6.45) is -0.262. The van der Waals surface area contributed by atoms with Crippen molar-refractivity contribution in [3.8, 4) is 0 Å². The van der Waals surface area contributed by atoms with E-state index in [2.05, 4.69) is 5.32 Å². The monoisotopic (exact) mass is 275 g/mol. The number of hydrogen-bond donors (Lipinski definition) is 2. The van der Waals surface area contributed by atoms with Crippen molar-refractivity contribution in [1.82, 2.24) is 5.32 Å². The summed E-state index contributed by atoms with van der Waals surface area (Å²) in [4.78, 5) is 22.2. The zero-order chi connectivity index (χ0) is 13.8. The Morgan fingerprint density at radius 1 is 1.33 bits per heavy atom. The zero-order valence-electron chi connectivity index (χ0n) is 11.1. The number of carboxylic acid groups (broad SMARTS) is 1. The van der Waals surface area contributed by atoms with Gasteiger partial charge in [0.05, 0.1) is 0 Å². The Morgan fingerprint density at radius 3 is 2.50 bits per heavy atom. The van der Waals surface area contributed by atoms with Crippen LogP contribution < -0.4 is 5.32 Å². The van der Waals surface area contributed by atoms with Gasteiger partial charge in [-0.25, -0.2) is 4.79 Å². The van der Waals surface area contributed by atoms with Crippen molar-refractivity contribution in [2.45, 2.75) is 32.8 Å². The van der Waals surface area contributed by atoms with Gasteiger partial charge in [-0.05, 0) is 44.1 Å². The first-order valence-corrected chi connectivity index (χ1v) is 7.20. The molecule has 0 aromatic rings. The van der Waals surface area contributed by atoms with E-state index in [0.717, 1.165) is 11.5 Å². The zero-order valence-corrected chi connectivity index (χ0v) is 11.9. The largest absolute Gasteiger partial charge is 0.481 e. The molecule has 2 unspecified atom stereocenters. The Bertz CT molecular complexity index is 314. The summed E-state index contributed by atoms with van der Waals surface area (Å²) in [6.45, 7) is 5.92. The van der Waals surface area contributed by atoms with Crippen LogP contribution in [0.5, 0.6) is 0 Å². The minimum Gasteiger partial charge on any atom is -0.481 e. The summed E-state index contributed by atoms with van der Waals surface area (Å²) in [7, 11) is 0. The van der Waals surface area contributed by atoms with Gasteiger partial charge in [0.15, 0.2) is 0 Å². The van der Waals surface area contributed by atoms with Crippen molar-refractivity contribution < 1.29 is 19.4 Å². The van der Waals surface area contributed by atoms with Crippen molar-refractivity contribution in [2.24, 2.45) is 11.8 Å². The first kappa shape index (κ1) is 15.1. The summed E-state index contributed by atoms with van der Waals surface area (Å²) in [5, 5.41) is 11.5. The summed E-state index contributed by atoms with van der Waals surface area (Å²) in [6, 6.07) is 0. The third-order valence-corrected chi connectivity index (χ3v) is 4.00. The number of thioether (sulfide) groups is 1. The number of ether oxygens (including phenoxy) is 1. The molecule has 1 fully saturated rings. The molecule has 0 radical (unpaired) electrons. The summed E-state index contributed by atoms with van der Waals surface area (Å²) in [5.74, 6) is 1.34. The topological polar surface area (TPSA) is 75.6 Å². The molecule has 0 bridgehead atoms. The Morgan fingerprint density at radius 2 is 1.94 bits per heavy atom. The molecule has 18 heavy (non-hydrogen) atoms. The van der Waals surface area contributed by atoms with Crippen molar-refractivity contribution in [3.63, 3.8) is 0 Å². The van der Waals surface area contributed by atoms with E-state index in [4.69, 9.17) is 9.84 Å². The molecule has 0 aromatic heterocycles. The molecule has 1 heterocycles. The molecule has 5 nitrogen and oxygen atoms in total. The minimum atomic E-state index is -0.773. The number of carboxylic acids is 1. The number of carbonyl (C=O) groups excluding carboxylic acids is 1. The average Bonchev–Trinajstić information content (AvgIpc) is 2.58. The highest BCUT2D eigenvalue weighted by Gasteiger charge is 2.30. The van der Waals surface area contributed by atoms with E-state index in [0.29, 0.717) is 6.54 Å². The van der Waals surface area contributed by atoms with E-state index in [1.54, 1.807) is 11.8 Å². The van der Waals surface area contributed by atoms with Gasteiger partial charge in [-0.3, -0.25) is 4.79 Å². The molecule has 0 aromatic carbocycles. The van der Waals surface area contributed by atoms with E-state index < -0.39 is 17.7 Å². The molecule has 1 saturated heterocycles. The van der Waals surface area contributed by atoms with Gasteiger partial charge in [0.25, 0.3) is 0 Å². The minimum absolute atomic E-state index is 0.141. The SMILES string of the molecule is CC(C)(C)OC(=O)NCC1CSCC1CC(=O)O. The highest BCUT2D eigenvalue weighted by Crippen LogP contribution is 2.31. The Balaban J connectivity index is 2.34.